The van der Waals surface area contributed by atoms with Crippen LogP contribution in [0.2, 0.25) is 0 Å². The lowest BCUT2D eigenvalue weighted by atomic mass is 10.0. The summed E-state index contributed by atoms with van der Waals surface area (Å²) in [7, 11) is 0. The number of hydrogen-bond donors (Lipinski definition) is 0. The van der Waals surface area contributed by atoms with E-state index in [1.165, 1.54) is 0 Å². The summed E-state index contributed by atoms with van der Waals surface area (Å²) in [5.74, 6) is 0. The molecule has 0 aliphatic heterocycles. The molecule has 12 heteroatoms. The number of nitrogens with zero attached hydrogens (tertiary/aromatic N) is 12. The minimum atomic E-state index is 0.849. The maximum atomic E-state index is 5.28. The quantitative estimate of drug-likeness (QED) is 0.0576. The number of fused-ring (bicyclic) bond motifs is 3. The summed E-state index contributed by atoms with van der Waals surface area (Å²) in [6, 6.07) is 198. The molecule has 24 rings (SSSR count). The average Bonchev–Trinajstić information content (AvgIpc) is 0.769. The highest BCUT2D eigenvalue weighted by atomic mass is 15.2. The third kappa shape index (κ3) is 20.2. The Morgan fingerprint density at radius 2 is 0.281 bits per heavy atom. The van der Waals surface area contributed by atoms with Crippen LogP contribution in [0.5, 0.6) is 0 Å². The second-order valence-electron chi connectivity index (χ2n) is 35.5. The van der Waals surface area contributed by atoms with Gasteiger partial charge in [-0.25, -0.2) is 29.9 Å². The van der Waals surface area contributed by atoms with E-state index in [4.69, 9.17) is 29.9 Å². The standard InChI is InChI=1S/2C45H34N4.C44H32N4/c1-33-15-14-24-42-43(33)47-45(35-27-31-41(32-28-35)49(38-20-10-4-11-21-38)39-22-12-5-13-23-39)44(46-42)34-25-29-40(30-26-34)48(36-16-6-2-7-17-36)37-18-8-3-9-19-37;1-33-22-31-42-43(32-33)47-45(35-25-29-41(30-26-35)49(38-18-10-4-11-19-38)39-20-12-5-13-21-39)44(46-42)34-23-27-40(28-24-34)48(36-14-6-2-7-15-36)37-16-8-3-9-17-37;1-5-15-35(16-6-1)47(36-17-7-2-8-18-36)39-29-25-33(26-30-39)43-44(46-42-24-14-13-23-41(42)45-43)34-27-31-40(32-28-34)48(37-19-9-3-10-20-37)38-21-11-4-12-22-38/h2*2-32H,1H3;1-32H. The van der Waals surface area contributed by atoms with Crippen LogP contribution in [0.25, 0.3) is 101 Å². The molecule has 0 saturated heterocycles. The molecule has 0 aliphatic carbocycles. The average molecular weight is 1880 g/mol. The van der Waals surface area contributed by atoms with E-state index >= 15 is 0 Å². The number of aryl methyl sites for hydroxylation is 2. The molecule has 696 valence electrons. The summed E-state index contributed by atoms with van der Waals surface area (Å²) in [4.78, 5) is 44.9. The van der Waals surface area contributed by atoms with Crippen molar-refractivity contribution >= 4 is 135 Å². The Hall–Kier alpha value is -19.6. The fourth-order valence-corrected chi connectivity index (χ4v) is 18.8. The van der Waals surface area contributed by atoms with Gasteiger partial charge < -0.3 is 29.4 Å². The fourth-order valence-electron chi connectivity index (χ4n) is 18.8. The molecule has 0 bridgehead atoms. The van der Waals surface area contributed by atoms with Crippen LogP contribution in [0.4, 0.5) is 102 Å². The van der Waals surface area contributed by atoms with Gasteiger partial charge in [0.25, 0.3) is 0 Å². The van der Waals surface area contributed by atoms with E-state index in [0.29, 0.717) is 0 Å². The van der Waals surface area contributed by atoms with E-state index in [2.05, 4.69) is 504 Å². The molecule has 0 atom stereocenters. The van der Waals surface area contributed by atoms with E-state index in [0.717, 1.165) is 214 Å². The number of benzene rings is 21. The topological polar surface area (TPSA) is 96.8 Å². The molecule has 0 unspecified atom stereocenters. The van der Waals surface area contributed by atoms with Crippen molar-refractivity contribution in [3.8, 4) is 67.5 Å². The summed E-state index contributed by atoms with van der Waals surface area (Å²) in [6.07, 6.45) is 0. The Morgan fingerprint density at radius 1 is 0.123 bits per heavy atom. The number of aromatic nitrogens is 6. The zero-order valence-corrected chi connectivity index (χ0v) is 80.6. The van der Waals surface area contributed by atoms with Crippen LogP contribution in [0.3, 0.4) is 0 Å². The minimum absolute atomic E-state index is 0.849. The molecule has 24 aromatic rings. The molecule has 12 nitrogen and oxygen atoms in total. The zero-order valence-electron chi connectivity index (χ0n) is 80.6. The maximum Gasteiger partial charge on any atom is 0.0973 e. The molecular weight excluding hydrogens is 1780 g/mol. The Morgan fingerprint density at radius 3 is 0.486 bits per heavy atom. The number of rotatable bonds is 24. The third-order valence-electron chi connectivity index (χ3n) is 25.9. The van der Waals surface area contributed by atoms with Crippen molar-refractivity contribution in [3.05, 3.63) is 581 Å². The summed E-state index contributed by atoms with van der Waals surface area (Å²) >= 11 is 0. The van der Waals surface area contributed by atoms with Crippen LogP contribution < -0.4 is 29.4 Å². The van der Waals surface area contributed by atoms with Crippen molar-refractivity contribution < 1.29 is 0 Å². The molecule has 0 amide bonds. The van der Waals surface area contributed by atoms with Gasteiger partial charge in [0.05, 0.1) is 67.3 Å². The molecule has 3 aromatic heterocycles. The van der Waals surface area contributed by atoms with Crippen molar-refractivity contribution in [1.29, 1.82) is 0 Å². The van der Waals surface area contributed by atoms with E-state index in [1.807, 2.05) is 109 Å². The molecule has 0 spiro atoms. The van der Waals surface area contributed by atoms with Gasteiger partial charge in [-0.3, -0.25) is 0 Å². The molecule has 0 N–H and O–H groups in total. The van der Waals surface area contributed by atoms with Crippen molar-refractivity contribution in [2.75, 3.05) is 29.4 Å². The molecule has 0 radical (unpaired) electrons. The Balaban J connectivity index is 0.000000125. The number of hydrogen-bond acceptors (Lipinski definition) is 12. The molecule has 0 saturated carbocycles. The normalized spacial score (nSPS) is 10.9. The van der Waals surface area contributed by atoms with Crippen LogP contribution in [0.1, 0.15) is 11.1 Å². The molecular formula is C134H100N12. The van der Waals surface area contributed by atoms with Gasteiger partial charge in [0.1, 0.15) is 0 Å². The van der Waals surface area contributed by atoms with E-state index in [9.17, 15) is 0 Å². The first-order chi connectivity index (χ1) is 72.2. The van der Waals surface area contributed by atoms with E-state index < -0.39 is 0 Å². The summed E-state index contributed by atoms with van der Waals surface area (Å²) < 4.78 is 0. The first kappa shape index (κ1) is 91.5. The first-order valence-electron chi connectivity index (χ1n) is 49.1. The smallest absolute Gasteiger partial charge is 0.0973 e. The van der Waals surface area contributed by atoms with Crippen molar-refractivity contribution in [3.63, 3.8) is 0 Å². The van der Waals surface area contributed by atoms with Gasteiger partial charge in [0.15, 0.2) is 0 Å². The lowest BCUT2D eigenvalue weighted by Crippen LogP contribution is -2.09. The van der Waals surface area contributed by atoms with Crippen LogP contribution in [-0.2, 0) is 0 Å². The number of anilines is 18. The minimum Gasteiger partial charge on any atom is -0.311 e. The van der Waals surface area contributed by atoms with Crippen LogP contribution in [0.15, 0.2) is 570 Å². The maximum absolute atomic E-state index is 5.28. The van der Waals surface area contributed by atoms with E-state index in [1.54, 1.807) is 0 Å². The van der Waals surface area contributed by atoms with Gasteiger partial charge in [-0.1, -0.05) is 322 Å². The van der Waals surface area contributed by atoms with Gasteiger partial charge in [-0.2, -0.15) is 0 Å². The van der Waals surface area contributed by atoms with Crippen LogP contribution in [0, 0.1) is 13.8 Å². The molecule has 0 fully saturated rings. The summed E-state index contributed by atoms with van der Waals surface area (Å²) in [5, 5.41) is 0. The Kier molecular flexibility index (Phi) is 27.0. The predicted octanol–water partition coefficient (Wildman–Crippen LogP) is 36.3. The largest absolute Gasteiger partial charge is 0.311 e. The van der Waals surface area contributed by atoms with Gasteiger partial charge in [-0.15, -0.1) is 0 Å². The van der Waals surface area contributed by atoms with Gasteiger partial charge in [-0.05, 0) is 274 Å². The van der Waals surface area contributed by atoms with Crippen molar-refractivity contribution in [1.82, 2.24) is 29.9 Å². The van der Waals surface area contributed by atoms with Crippen LogP contribution >= 0.6 is 0 Å². The SMILES string of the molecule is Cc1ccc2nc(-c3ccc(N(c4ccccc4)c4ccccc4)cc3)c(-c3ccc(N(c4ccccc4)c4ccccc4)cc3)nc2c1.Cc1cccc2nc(-c3ccc(N(c4ccccc4)c4ccccc4)cc3)c(-c3ccc(N(c4ccccc4)c4ccccc4)cc3)nc12.c1ccc(N(c2ccccc2)c2ccc(-c3nc4ccccc4nc3-c3ccc(N(c4ccccc4)c4ccccc4)cc3)cc2)cc1. The predicted molar refractivity (Wildman–Crippen MR) is 609 cm³/mol. The van der Waals surface area contributed by atoms with Crippen LogP contribution in [-0.4, -0.2) is 29.9 Å². The third-order valence-corrected chi connectivity index (χ3v) is 25.9. The van der Waals surface area contributed by atoms with E-state index in [-0.39, 0.29) is 0 Å². The Bertz CT molecular complexity index is 7930. The zero-order chi connectivity index (χ0) is 98.1. The second kappa shape index (κ2) is 43.0. The number of para-hydroxylation sites is 15. The van der Waals surface area contributed by atoms with Gasteiger partial charge in [0.2, 0.25) is 0 Å². The summed E-state index contributed by atoms with van der Waals surface area (Å²) in [5.41, 5.74) is 38.3. The highest BCUT2D eigenvalue weighted by Crippen LogP contribution is 2.46. The fraction of sp³-hybridized carbons (Fsp3) is 0.0149. The highest BCUT2D eigenvalue weighted by molar-refractivity contribution is 5.94. The first-order valence-corrected chi connectivity index (χ1v) is 49.1. The van der Waals surface area contributed by atoms with Gasteiger partial charge in [0, 0.05) is 136 Å². The lowest BCUT2D eigenvalue weighted by Gasteiger charge is -2.26. The lowest BCUT2D eigenvalue weighted by molar-refractivity contribution is 1.26. The monoisotopic (exact) mass is 1880 g/mol. The van der Waals surface area contributed by atoms with Crippen molar-refractivity contribution in [2.24, 2.45) is 0 Å². The highest BCUT2D eigenvalue weighted by Gasteiger charge is 2.25. The van der Waals surface area contributed by atoms with Crippen molar-refractivity contribution in [2.45, 2.75) is 13.8 Å². The second-order valence-corrected chi connectivity index (χ2v) is 35.5. The molecule has 3 heterocycles. The molecule has 21 aromatic carbocycles. The molecule has 146 heavy (non-hydrogen) atoms. The molecule has 0 aliphatic rings. The Labute approximate surface area is 851 Å². The summed E-state index contributed by atoms with van der Waals surface area (Å²) in [6.45, 7) is 4.19. The van der Waals surface area contributed by atoms with Gasteiger partial charge >= 0.3 is 0 Å².